The lowest BCUT2D eigenvalue weighted by molar-refractivity contribution is 0.384. The van der Waals surface area contributed by atoms with Crippen LogP contribution in [0.1, 0.15) is 88.5 Å². The van der Waals surface area contributed by atoms with Crippen LogP contribution in [0, 0.1) is 17.8 Å². The van der Waals surface area contributed by atoms with E-state index in [0.717, 1.165) is 19.3 Å². The lowest BCUT2D eigenvalue weighted by Gasteiger charge is -2.36. The summed E-state index contributed by atoms with van der Waals surface area (Å²) >= 11 is 0. The zero-order valence-corrected chi connectivity index (χ0v) is 22.2. The Morgan fingerprint density at radius 1 is 0.971 bits per heavy atom. The van der Waals surface area contributed by atoms with Crippen LogP contribution in [0.15, 0.2) is 78.9 Å². The fourth-order valence-corrected chi connectivity index (χ4v) is 5.56. The largest absolute Gasteiger partial charge is 0.0992 e. The van der Waals surface area contributed by atoms with Gasteiger partial charge in [-0.1, -0.05) is 113 Å². The molecule has 0 N–H and O–H groups in total. The van der Waals surface area contributed by atoms with Crippen molar-refractivity contribution in [3.05, 3.63) is 101 Å². The van der Waals surface area contributed by atoms with E-state index in [1.165, 1.54) is 71.9 Å². The average Bonchev–Trinajstić information content (AvgIpc) is 2.84. The molecule has 0 bridgehead atoms. The minimum absolute atomic E-state index is 0.463. The van der Waals surface area contributed by atoms with Crippen LogP contribution in [0.5, 0.6) is 0 Å². The minimum atomic E-state index is 0.463. The van der Waals surface area contributed by atoms with Crippen molar-refractivity contribution < 1.29 is 0 Å². The van der Waals surface area contributed by atoms with Gasteiger partial charge in [0.2, 0.25) is 0 Å². The van der Waals surface area contributed by atoms with Crippen molar-refractivity contribution >= 4 is 5.57 Å². The van der Waals surface area contributed by atoms with Gasteiger partial charge in [-0.25, -0.2) is 0 Å². The van der Waals surface area contributed by atoms with Crippen molar-refractivity contribution in [1.29, 1.82) is 0 Å². The Kier molecular flexibility index (Phi) is 10.00. The van der Waals surface area contributed by atoms with E-state index in [0.29, 0.717) is 17.8 Å². The normalized spacial score (nSPS) is 19.5. The molecule has 1 aliphatic rings. The first-order valence-electron chi connectivity index (χ1n) is 13.6. The third-order valence-electron chi connectivity index (χ3n) is 7.59. The summed E-state index contributed by atoms with van der Waals surface area (Å²) in [5.41, 5.74) is 9.84. The first kappa shape index (κ1) is 26.3. The maximum atomic E-state index is 4.65. The van der Waals surface area contributed by atoms with Gasteiger partial charge >= 0.3 is 0 Å². The summed E-state index contributed by atoms with van der Waals surface area (Å²) in [7, 11) is 0. The number of aryl methyl sites for hydroxylation is 1. The number of allylic oxidation sites excluding steroid dienone is 4. The Morgan fingerprint density at radius 3 is 2.38 bits per heavy atom. The van der Waals surface area contributed by atoms with Crippen LogP contribution in [0.2, 0.25) is 0 Å². The van der Waals surface area contributed by atoms with Crippen LogP contribution >= 0.6 is 0 Å². The second kappa shape index (κ2) is 12.9. The SMILES string of the molecule is C=C(Cc1ccc(CCCCC)cc1)C1C/C(=C/C)CCC1C(=C)c1cccc(CC(C)C)c1. The highest BCUT2D eigenvalue weighted by Gasteiger charge is 2.31. The fourth-order valence-electron chi connectivity index (χ4n) is 5.56. The second-order valence-electron chi connectivity index (χ2n) is 10.8. The molecule has 0 radical (unpaired) electrons. The number of hydrogen-bond donors (Lipinski definition) is 0. The highest BCUT2D eigenvalue weighted by Crippen LogP contribution is 2.44. The van der Waals surface area contributed by atoms with Crippen LogP contribution in [0.3, 0.4) is 0 Å². The minimum Gasteiger partial charge on any atom is -0.0992 e. The zero-order valence-electron chi connectivity index (χ0n) is 22.2. The predicted molar refractivity (Wildman–Crippen MR) is 151 cm³/mol. The van der Waals surface area contributed by atoms with Gasteiger partial charge in [0.25, 0.3) is 0 Å². The van der Waals surface area contributed by atoms with Gasteiger partial charge in [0, 0.05) is 0 Å². The van der Waals surface area contributed by atoms with Crippen molar-refractivity contribution in [3.8, 4) is 0 Å². The predicted octanol–water partition coefficient (Wildman–Crippen LogP) is 9.79. The molecule has 0 aromatic heterocycles. The lowest BCUT2D eigenvalue weighted by Crippen LogP contribution is -2.24. The zero-order chi connectivity index (χ0) is 24.5. The number of benzene rings is 2. The quantitative estimate of drug-likeness (QED) is 0.234. The molecule has 2 unspecified atom stereocenters. The fraction of sp³-hybridized carbons (Fsp3) is 0.471. The highest BCUT2D eigenvalue weighted by atomic mass is 14.4. The summed E-state index contributed by atoms with van der Waals surface area (Å²) in [6, 6.07) is 18.4. The summed E-state index contributed by atoms with van der Waals surface area (Å²) < 4.78 is 0. The molecule has 0 saturated heterocycles. The van der Waals surface area contributed by atoms with Gasteiger partial charge in [-0.2, -0.15) is 0 Å². The summed E-state index contributed by atoms with van der Waals surface area (Å²) in [5.74, 6) is 1.60. The summed E-state index contributed by atoms with van der Waals surface area (Å²) in [5, 5.41) is 0. The smallest absolute Gasteiger partial charge is 0.00667 e. The first-order valence-corrected chi connectivity index (χ1v) is 13.6. The van der Waals surface area contributed by atoms with Crippen molar-refractivity contribution in [3.63, 3.8) is 0 Å². The van der Waals surface area contributed by atoms with Gasteiger partial charge in [-0.15, -0.1) is 0 Å². The van der Waals surface area contributed by atoms with Gasteiger partial charge in [-0.3, -0.25) is 0 Å². The first-order chi connectivity index (χ1) is 16.4. The maximum Gasteiger partial charge on any atom is -0.00667 e. The van der Waals surface area contributed by atoms with Crippen LogP contribution < -0.4 is 0 Å². The Labute approximate surface area is 209 Å². The van der Waals surface area contributed by atoms with E-state index < -0.39 is 0 Å². The molecule has 1 aliphatic carbocycles. The summed E-state index contributed by atoms with van der Waals surface area (Å²) in [6.07, 6.45) is 13.0. The second-order valence-corrected chi connectivity index (χ2v) is 10.8. The van der Waals surface area contributed by atoms with Crippen molar-refractivity contribution in [2.24, 2.45) is 17.8 Å². The summed E-state index contributed by atoms with van der Waals surface area (Å²) in [4.78, 5) is 0. The average molecular weight is 455 g/mol. The number of rotatable bonds is 11. The van der Waals surface area contributed by atoms with E-state index in [4.69, 9.17) is 0 Å². The Bertz CT molecular complexity index is 969. The van der Waals surface area contributed by atoms with Gasteiger partial charge < -0.3 is 0 Å². The molecule has 34 heavy (non-hydrogen) atoms. The Hall–Kier alpha value is -2.34. The standard InChI is InChI=1S/C34H46/c1-7-9-10-12-29-15-17-30(18-16-29)22-26(5)34-24-28(8-2)19-20-33(34)27(6)32-14-11-13-31(23-32)21-25(3)4/h8,11,13-18,23,25,33-34H,5-7,9-10,12,19-22,24H2,1-4H3/b28-8+. The Balaban J connectivity index is 1.74. The van der Waals surface area contributed by atoms with Crippen LogP contribution in [0.25, 0.3) is 5.57 Å². The molecule has 2 aromatic rings. The molecule has 2 aromatic carbocycles. The Morgan fingerprint density at radius 2 is 1.71 bits per heavy atom. The molecular formula is C34H46. The van der Waals surface area contributed by atoms with E-state index >= 15 is 0 Å². The number of unbranched alkanes of at least 4 members (excludes halogenated alkanes) is 2. The molecule has 0 nitrogen and oxygen atoms in total. The van der Waals surface area contributed by atoms with E-state index in [1.807, 2.05) is 0 Å². The molecule has 0 heteroatoms. The van der Waals surface area contributed by atoms with Crippen molar-refractivity contribution in [1.82, 2.24) is 0 Å². The molecule has 0 spiro atoms. The topological polar surface area (TPSA) is 0 Å². The van der Waals surface area contributed by atoms with Crippen molar-refractivity contribution in [2.75, 3.05) is 0 Å². The van der Waals surface area contributed by atoms with Crippen LogP contribution in [-0.2, 0) is 19.3 Å². The van der Waals surface area contributed by atoms with Crippen LogP contribution in [-0.4, -0.2) is 0 Å². The van der Waals surface area contributed by atoms with Gasteiger partial charge in [-0.05, 0) is 97.5 Å². The third-order valence-corrected chi connectivity index (χ3v) is 7.59. The van der Waals surface area contributed by atoms with Crippen molar-refractivity contribution in [2.45, 2.75) is 85.5 Å². The van der Waals surface area contributed by atoms with E-state index in [1.54, 1.807) is 5.57 Å². The van der Waals surface area contributed by atoms with E-state index in [9.17, 15) is 0 Å². The highest BCUT2D eigenvalue weighted by molar-refractivity contribution is 5.67. The molecule has 0 aliphatic heterocycles. The van der Waals surface area contributed by atoms with Gasteiger partial charge in [0.05, 0.1) is 0 Å². The van der Waals surface area contributed by atoms with Gasteiger partial charge in [0.1, 0.15) is 0 Å². The molecule has 0 amide bonds. The number of hydrogen-bond acceptors (Lipinski definition) is 0. The molecule has 1 saturated carbocycles. The van der Waals surface area contributed by atoms with Crippen LogP contribution in [0.4, 0.5) is 0 Å². The molecule has 1 fully saturated rings. The lowest BCUT2D eigenvalue weighted by atomic mass is 9.68. The molecule has 2 atom stereocenters. The monoisotopic (exact) mass is 454 g/mol. The van der Waals surface area contributed by atoms with Gasteiger partial charge in [0.15, 0.2) is 0 Å². The third kappa shape index (κ3) is 7.33. The molecule has 182 valence electrons. The molecule has 3 rings (SSSR count). The van der Waals surface area contributed by atoms with E-state index in [-0.39, 0.29) is 0 Å². The van der Waals surface area contributed by atoms with E-state index in [2.05, 4.69) is 95.5 Å². The molecule has 0 heterocycles. The summed E-state index contributed by atoms with van der Waals surface area (Å²) in [6.45, 7) is 18.3. The maximum absolute atomic E-state index is 4.65. The molecular weight excluding hydrogens is 408 g/mol.